The van der Waals surface area contributed by atoms with Crippen LogP contribution >= 0.6 is 23.2 Å². The van der Waals surface area contributed by atoms with Crippen molar-refractivity contribution in [1.82, 2.24) is 4.31 Å². The molecule has 0 saturated carbocycles. The maximum Gasteiger partial charge on any atom is 0.337 e. The summed E-state index contributed by atoms with van der Waals surface area (Å²) in [6.45, 7) is 1.52. The third-order valence-electron chi connectivity index (χ3n) is 2.69. The highest BCUT2D eigenvalue weighted by Gasteiger charge is 2.28. The second-order valence-electron chi connectivity index (χ2n) is 4.20. The molecule has 0 saturated heterocycles. The normalized spacial score (nSPS) is 11.9. The van der Waals surface area contributed by atoms with Gasteiger partial charge < -0.3 is 10.2 Å². The Kier molecular flexibility index (Phi) is 6.42. The van der Waals surface area contributed by atoms with Crippen molar-refractivity contribution in [2.75, 3.05) is 19.7 Å². The Morgan fingerprint density at radius 3 is 2.33 bits per heavy atom. The van der Waals surface area contributed by atoms with Gasteiger partial charge in [-0.15, -0.1) is 0 Å². The van der Waals surface area contributed by atoms with Gasteiger partial charge in [0.05, 0.1) is 22.2 Å². The highest BCUT2D eigenvalue weighted by atomic mass is 35.5. The SMILES string of the molecule is CCCN(CCO)S(=O)(=O)c1cc(C(=O)O)c(Cl)cc1Cl. The Labute approximate surface area is 132 Å². The predicted octanol–water partition coefficient (Wildman–Crippen LogP) is 2.08. The first kappa shape index (κ1) is 18.2. The quantitative estimate of drug-likeness (QED) is 0.780. The van der Waals surface area contributed by atoms with E-state index in [2.05, 4.69) is 0 Å². The number of sulfonamides is 1. The average molecular weight is 356 g/mol. The van der Waals surface area contributed by atoms with E-state index in [4.69, 9.17) is 33.4 Å². The topological polar surface area (TPSA) is 94.9 Å². The molecule has 118 valence electrons. The van der Waals surface area contributed by atoms with E-state index < -0.39 is 16.0 Å². The third kappa shape index (κ3) is 4.08. The van der Waals surface area contributed by atoms with Crippen LogP contribution in [0.5, 0.6) is 0 Å². The van der Waals surface area contributed by atoms with Crippen molar-refractivity contribution in [3.8, 4) is 0 Å². The number of halogens is 2. The molecule has 9 heteroatoms. The Morgan fingerprint density at radius 2 is 1.86 bits per heavy atom. The van der Waals surface area contributed by atoms with Crippen LogP contribution in [0.2, 0.25) is 10.0 Å². The number of aromatic carboxylic acids is 1. The molecule has 1 rings (SSSR count). The largest absolute Gasteiger partial charge is 0.478 e. The highest BCUT2D eigenvalue weighted by Crippen LogP contribution is 2.30. The van der Waals surface area contributed by atoms with Gasteiger partial charge in [0.2, 0.25) is 10.0 Å². The van der Waals surface area contributed by atoms with Crippen LogP contribution in [0.3, 0.4) is 0 Å². The molecule has 0 unspecified atom stereocenters. The van der Waals surface area contributed by atoms with Crippen LogP contribution in [0.4, 0.5) is 0 Å². The highest BCUT2D eigenvalue weighted by molar-refractivity contribution is 7.89. The number of hydrogen-bond acceptors (Lipinski definition) is 4. The lowest BCUT2D eigenvalue weighted by Crippen LogP contribution is -2.34. The van der Waals surface area contributed by atoms with E-state index in [0.717, 1.165) is 16.4 Å². The van der Waals surface area contributed by atoms with Gasteiger partial charge in [-0.25, -0.2) is 13.2 Å². The van der Waals surface area contributed by atoms with E-state index >= 15 is 0 Å². The van der Waals surface area contributed by atoms with Crippen molar-refractivity contribution < 1.29 is 23.4 Å². The molecule has 0 aliphatic heterocycles. The van der Waals surface area contributed by atoms with Gasteiger partial charge in [-0.3, -0.25) is 0 Å². The molecule has 1 aromatic rings. The minimum Gasteiger partial charge on any atom is -0.478 e. The van der Waals surface area contributed by atoms with Crippen molar-refractivity contribution in [2.24, 2.45) is 0 Å². The molecule has 0 heterocycles. The van der Waals surface area contributed by atoms with Crippen molar-refractivity contribution in [3.63, 3.8) is 0 Å². The van der Waals surface area contributed by atoms with Crippen molar-refractivity contribution in [1.29, 1.82) is 0 Å². The van der Waals surface area contributed by atoms with Gasteiger partial charge >= 0.3 is 5.97 Å². The van der Waals surface area contributed by atoms with E-state index in [1.807, 2.05) is 0 Å². The smallest absolute Gasteiger partial charge is 0.337 e. The Bertz CT molecular complexity index is 627. The molecule has 0 aliphatic rings. The lowest BCUT2D eigenvalue weighted by Gasteiger charge is -2.21. The molecule has 0 amide bonds. The molecular weight excluding hydrogens is 341 g/mol. The van der Waals surface area contributed by atoms with Gasteiger partial charge in [-0.2, -0.15) is 4.31 Å². The molecule has 0 spiro atoms. The molecule has 6 nitrogen and oxygen atoms in total. The zero-order chi connectivity index (χ0) is 16.2. The minimum absolute atomic E-state index is 0.0997. The van der Waals surface area contributed by atoms with Gasteiger partial charge in [-0.1, -0.05) is 30.1 Å². The summed E-state index contributed by atoms with van der Waals surface area (Å²) >= 11 is 11.6. The number of aliphatic hydroxyl groups is 1. The average Bonchev–Trinajstić information content (AvgIpc) is 2.37. The number of hydrogen-bond donors (Lipinski definition) is 2. The second kappa shape index (κ2) is 7.42. The van der Waals surface area contributed by atoms with Crippen LogP contribution in [0, 0.1) is 0 Å². The Hall–Kier alpha value is -0.860. The van der Waals surface area contributed by atoms with E-state index in [-0.39, 0.29) is 40.2 Å². The van der Waals surface area contributed by atoms with E-state index in [1.165, 1.54) is 0 Å². The summed E-state index contributed by atoms with van der Waals surface area (Å²) < 4.78 is 26.1. The number of rotatable bonds is 7. The summed E-state index contributed by atoms with van der Waals surface area (Å²) in [6.07, 6.45) is 0.538. The zero-order valence-electron chi connectivity index (χ0n) is 11.2. The fourth-order valence-corrected chi connectivity index (χ4v) is 4.09. The lowest BCUT2D eigenvalue weighted by atomic mass is 10.2. The van der Waals surface area contributed by atoms with E-state index in [0.29, 0.717) is 6.42 Å². The van der Waals surface area contributed by atoms with Crippen LogP contribution in [0.1, 0.15) is 23.7 Å². The Balaban J connectivity index is 3.42. The number of carboxylic acid groups (broad SMARTS) is 1. The van der Waals surface area contributed by atoms with Crippen LogP contribution in [0.25, 0.3) is 0 Å². The van der Waals surface area contributed by atoms with E-state index in [9.17, 15) is 13.2 Å². The first-order valence-electron chi connectivity index (χ1n) is 6.09. The molecule has 0 bridgehead atoms. The first-order valence-corrected chi connectivity index (χ1v) is 8.28. The maximum absolute atomic E-state index is 12.5. The molecule has 0 atom stereocenters. The van der Waals surface area contributed by atoms with Crippen LogP contribution < -0.4 is 0 Å². The lowest BCUT2D eigenvalue weighted by molar-refractivity contribution is 0.0697. The van der Waals surface area contributed by atoms with Crippen LogP contribution in [-0.2, 0) is 10.0 Å². The van der Waals surface area contributed by atoms with Crippen LogP contribution in [-0.4, -0.2) is 48.6 Å². The van der Waals surface area contributed by atoms with Crippen molar-refractivity contribution in [2.45, 2.75) is 18.2 Å². The maximum atomic E-state index is 12.5. The number of carboxylic acids is 1. The fourth-order valence-electron chi connectivity index (χ4n) is 1.74. The standard InChI is InChI=1S/C12H15Cl2NO5S/c1-2-3-15(4-5-16)21(19,20)11-6-8(12(17)18)9(13)7-10(11)14/h6-7,16H,2-5H2,1H3,(H,17,18). The number of carbonyl (C=O) groups is 1. The van der Waals surface area contributed by atoms with Crippen LogP contribution in [0.15, 0.2) is 17.0 Å². The molecular formula is C12H15Cl2NO5S. The van der Waals surface area contributed by atoms with Gasteiger partial charge in [0.15, 0.2) is 0 Å². The third-order valence-corrected chi connectivity index (χ3v) is 5.37. The fraction of sp³-hybridized carbons (Fsp3) is 0.417. The first-order chi connectivity index (χ1) is 9.75. The molecule has 0 aliphatic carbocycles. The molecule has 21 heavy (non-hydrogen) atoms. The summed E-state index contributed by atoms with van der Waals surface area (Å²) in [4.78, 5) is 10.7. The summed E-state index contributed by atoms with van der Waals surface area (Å²) in [5.41, 5.74) is -0.347. The second-order valence-corrected chi connectivity index (χ2v) is 6.92. The van der Waals surface area contributed by atoms with E-state index in [1.54, 1.807) is 6.92 Å². The monoisotopic (exact) mass is 355 g/mol. The predicted molar refractivity (Wildman–Crippen MR) is 79.6 cm³/mol. The Morgan fingerprint density at radius 1 is 1.24 bits per heavy atom. The van der Waals surface area contributed by atoms with Crippen molar-refractivity contribution in [3.05, 3.63) is 27.7 Å². The molecule has 2 N–H and O–H groups in total. The number of aliphatic hydroxyl groups excluding tert-OH is 1. The van der Waals surface area contributed by atoms with Crippen molar-refractivity contribution >= 4 is 39.2 Å². The molecule has 0 radical (unpaired) electrons. The van der Waals surface area contributed by atoms with Gasteiger partial charge in [0, 0.05) is 13.1 Å². The van der Waals surface area contributed by atoms with Gasteiger partial charge in [-0.05, 0) is 18.6 Å². The van der Waals surface area contributed by atoms with Gasteiger partial charge in [0.1, 0.15) is 4.90 Å². The summed E-state index contributed by atoms with van der Waals surface area (Å²) in [7, 11) is -4.01. The molecule has 1 aromatic carbocycles. The number of nitrogens with zero attached hydrogens (tertiary/aromatic N) is 1. The van der Waals surface area contributed by atoms with Gasteiger partial charge in [0.25, 0.3) is 0 Å². The molecule has 0 fully saturated rings. The summed E-state index contributed by atoms with van der Waals surface area (Å²) in [5.74, 6) is -1.35. The summed E-state index contributed by atoms with van der Waals surface area (Å²) in [5, 5.41) is 17.7. The zero-order valence-corrected chi connectivity index (χ0v) is 13.5. The minimum atomic E-state index is -4.01. The summed E-state index contributed by atoms with van der Waals surface area (Å²) in [6, 6.07) is 2.02. The molecule has 0 aromatic heterocycles. The number of benzene rings is 1.